The summed E-state index contributed by atoms with van der Waals surface area (Å²) in [6.45, 7) is 13.1. The minimum atomic E-state index is 0.682. The molecule has 0 atom stereocenters. The van der Waals surface area contributed by atoms with E-state index in [1.807, 2.05) is 25.1 Å². The summed E-state index contributed by atoms with van der Waals surface area (Å²) in [6.07, 6.45) is 2.00. The minimum absolute atomic E-state index is 0.682. The number of nitrogens with zero attached hydrogens (tertiary/aromatic N) is 3. The van der Waals surface area contributed by atoms with Crippen molar-refractivity contribution in [3.05, 3.63) is 41.0 Å². The Morgan fingerprint density at radius 3 is 2.59 bits per heavy atom. The number of imidazole rings is 1. The molecular weight excluding hydrogens is 334 g/mol. The van der Waals surface area contributed by atoms with Gasteiger partial charge in [0.2, 0.25) is 0 Å². The number of quaternary nitrogens is 1. The summed E-state index contributed by atoms with van der Waals surface area (Å²) in [6, 6.07) is 10.5. The first-order chi connectivity index (χ1) is 13.2. The molecule has 0 amide bonds. The van der Waals surface area contributed by atoms with Crippen LogP contribution >= 0.6 is 0 Å². The SMILES string of the molecule is CCc1c(C)c(C#N)c2nc3ccccc3n2c1NCCC[NH+](CC)CC. The normalized spacial score (nSPS) is 11.4. The molecule has 2 N–H and O–H groups in total. The smallest absolute Gasteiger partial charge is 0.157 e. The number of fused-ring (bicyclic) bond motifs is 3. The third kappa shape index (κ3) is 3.50. The van der Waals surface area contributed by atoms with Crippen molar-refractivity contribution in [2.75, 3.05) is 31.5 Å². The number of para-hydroxylation sites is 2. The Morgan fingerprint density at radius 1 is 1.19 bits per heavy atom. The Labute approximate surface area is 161 Å². The summed E-state index contributed by atoms with van der Waals surface area (Å²) in [5, 5.41) is 13.4. The molecule has 5 heteroatoms. The van der Waals surface area contributed by atoms with Crippen LogP contribution in [0.25, 0.3) is 16.7 Å². The number of hydrogen-bond acceptors (Lipinski definition) is 3. The average molecular weight is 365 g/mol. The fourth-order valence-corrected chi connectivity index (χ4v) is 3.95. The topological polar surface area (TPSA) is 57.6 Å². The van der Waals surface area contributed by atoms with Gasteiger partial charge in [-0.1, -0.05) is 19.1 Å². The molecule has 0 aliphatic heterocycles. The Kier molecular flexibility index (Phi) is 5.98. The van der Waals surface area contributed by atoms with Crippen molar-refractivity contribution in [1.82, 2.24) is 9.38 Å². The van der Waals surface area contributed by atoms with Gasteiger partial charge in [-0.05, 0) is 50.5 Å². The fourth-order valence-electron chi connectivity index (χ4n) is 3.95. The molecule has 3 aromatic rings. The zero-order valence-corrected chi connectivity index (χ0v) is 16.9. The predicted octanol–water partition coefficient (Wildman–Crippen LogP) is 2.96. The number of aromatic nitrogens is 2. The number of nitrogens with one attached hydrogen (secondary N) is 2. The Bertz CT molecular complexity index is 976. The lowest BCUT2D eigenvalue weighted by Crippen LogP contribution is -3.11. The van der Waals surface area contributed by atoms with E-state index >= 15 is 0 Å². The number of rotatable bonds is 8. The second-order valence-corrected chi connectivity index (χ2v) is 7.04. The summed E-state index contributed by atoms with van der Waals surface area (Å²) in [4.78, 5) is 6.39. The van der Waals surface area contributed by atoms with E-state index < -0.39 is 0 Å². The number of benzene rings is 1. The molecule has 0 unspecified atom stereocenters. The van der Waals surface area contributed by atoms with Crippen LogP contribution in [0.3, 0.4) is 0 Å². The second kappa shape index (κ2) is 8.41. The molecule has 2 heterocycles. The van der Waals surface area contributed by atoms with E-state index in [4.69, 9.17) is 4.98 Å². The van der Waals surface area contributed by atoms with Crippen LogP contribution in [0.5, 0.6) is 0 Å². The highest BCUT2D eigenvalue weighted by Gasteiger charge is 2.19. The lowest BCUT2D eigenvalue weighted by molar-refractivity contribution is -0.896. The Hall–Kier alpha value is -2.58. The van der Waals surface area contributed by atoms with Crippen LogP contribution < -0.4 is 10.2 Å². The standard InChI is InChI=1S/C22H29N5/c1-5-17-16(4)18(15-23)22-25-19-11-8-9-12-20(19)27(22)21(17)24-13-10-14-26(6-2)7-3/h8-9,11-12,24H,5-7,10,13-14H2,1-4H3/p+1. The number of pyridine rings is 1. The van der Waals surface area contributed by atoms with Gasteiger partial charge >= 0.3 is 0 Å². The van der Waals surface area contributed by atoms with Crippen molar-refractivity contribution >= 4 is 22.5 Å². The van der Waals surface area contributed by atoms with E-state index in [-0.39, 0.29) is 0 Å². The molecule has 0 saturated carbocycles. The molecule has 0 bridgehead atoms. The Balaban J connectivity index is 2.06. The van der Waals surface area contributed by atoms with Crippen LogP contribution in [-0.4, -0.2) is 35.6 Å². The van der Waals surface area contributed by atoms with Gasteiger partial charge in [-0.25, -0.2) is 4.98 Å². The van der Waals surface area contributed by atoms with Crippen LogP contribution in [0.1, 0.15) is 43.9 Å². The van der Waals surface area contributed by atoms with Gasteiger partial charge in [0.25, 0.3) is 0 Å². The molecule has 1 aromatic carbocycles. The largest absolute Gasteiger partial charge is 0.371 e. The van der Waals surface area contributed by atoms with Gasteiger partial charge < -0.3 is 10.2 Å². The van der Waals surface area contributed by atoms with Crippen LogP contribution in [-0.2, 0) is 6.42 Å². The van der Waals surface area contributed by atoms with E-state index in [1.54, 1.807) is 4.90 Å². The molecule has 27 heavy (non-hydrogen) atoms. The van der Waals surface area contributed by atoms with E-state index in [0.29, 0.717) is 5.56 Å². The minimum Gasteiger partial charge on any atom is -0.371 e. The first-order valence-corrected chi connectivity index (χ1v) is 10.1. The maximum absolute atomic E-state index is 9.76. The third-order valence-electron chi connectivity index (χ3n) is 5.59. The van der Waals surface area contributed by atoms with Gasteiger partial charge in [0, 0.05) is 13.0 Å². The molecule has 0 aliphatic rings. The number of nitriles is 1. The molecule has 0 spiro atoms. The summed E-state index contributed by atoms with van der Waals surface area (Å²) in [7, 11) is 0. The van der Waals surface area contributed by atoms with Crippen LogP contribution in [0.4, 0.5) is 5.82 Å². The zero-order valence-electron chi connectivity index (χ0n) is 16.9. The molecule has 0 aliphatic carbocycles. The average Bonchev–Trinajstić information content (AvgIpc) is 3.07. The molecular formula is C22H30N5+. The van der Waals surface area contributed by atoms with Crippen LogP contribution in [0.15, 0.2) is 24.3 Å². The second-order valence-electron chi connectivity index (χ2n) is 7.04. The maximum Gasteiger partial charge on any atom is 0.157 e. The zero-order chi connectivity index (χ0) is 19.4. The van der Waals surface area contributed by atoms with Gasteiger partial charge in [-0.2, -0.15) is 5.26 Å². The van der Waals surface area contributed by atoms with Gasteiger partial charge in [0.1, 0.15) is 11.9 Å². The summed E-state index contributed by atoms with van der Waals surface area (Å²) >= 11 is 0. The van der Waals surface area contributed by atoms with Crippen LogP contribution in [0.2, 0.25) is 0 Å². The molecule has 0 fully saturated rings. The van der Waals surface area contributed by atoms with Crippen molar-refractivity contribution < 1.29 is 4.90 Å². The number of hydrogen-bond donors (Lipinski definition) is 2. The highest BCUT2D eigenvalue weighted by Crippen LogP contribution is 2.31. The monoisotopic (exact) mass is 364 g/mol. The van der Waals surface area contributed by atoms with Crippen molar-refractivity contribution in [2.24, 2.45) is 0 Å². The van der Waals surface area contributed by atoms with Crippen molar-refractivity contribution in [3.63, 3.8) is 0 Å². The quantitative estimate of drug-likeness (QED) is 0.604. The lowest BCUT2D eigenvalue weighted by Gasteiger charge is -2.19. The Morgan fingerprint density at radius 2 is 1.93 bits per heavy atom. The van der Waals surface area contributed by atoms with Gasteiger partial charge in [0.15, 0.2) is 5.65 Å². The van der Waals surface area contributed by atoms with Crippen molar-refractivity contribution in [2.45, 2.75) is 40.5 Å². The summed E-state index contributed by atoms with van der Waals surface area (Å²) in [5.41, 5.74) is 5.66. The van der Waals surface area contributed by atoms with Crippen molar-refractivity contribution in [1.29, 1.82) is 5.26 Å². The maximum atomic E-state index is 9.76. The molecule has 0 radical (unpaired) electrons. The summed E-state index contributed by atoms with van der Waals surface area (Å²) in [5.74, 6) is 1.09. The molecule has 3 rings (SSSR count). The van der Waals surface area contributed by atoms with E-state index in [9.17, 15) is 5.26 Å². The molecule has 2 aromatic heterocycles. The van der Waals surface area contributed by atoms with Gasteiger partial charge in [0.05, 0.1) is 36.2 Å². The highest BCUT2D eigenvalue weighted by molar-refractivity contribution is 5.86. The predicted molar refractivity (Wildman–Crippen MR) is 112 cm³/mol. The fraction of sp³-hybridized carbons (Fsp3) is 0.455. The van der Waals surface area contributed by atoms with Crippen LogP contribution in [0, 0.1) is 18.3 Å². The van der Waals surface area contributed by atoms with E-state index in [2.05, 4.69) is 42.6 Å². The summed E-state index contributed by atoms with van der Waals surface area (Å²) < 4.78 is 2.14. The van der Waals surface area contributed by atoms with Crippen molar-refractivity contribution in [3.8, 4) is 6.07 Å². The lowest BCUT2D eigenvalue weighted by atomic mass is 10.0. The first kappa shape index (κ1) is 19.2. The van der Waals surface area contributed by atoms with E-state index in [1.165, 1.54) is 25.2 Å². The van der Waals surface area contributed by atoms with E-state index in [0.717, 1.165) is 47.4 Å². The number of anilines is 1. The molecule has 5 nitrogen and oxygen atoms in total. The molecule has 0 saturated heterocycles. The molecule has 142 valence electrons. The third-order valence-corrected chi connectivity index (χ3v) is 5.59. The van der Waals surface area contributed by atoms with Gasteiger partial charge in [-0.15, -0.1) is 0 Å². The highest BCUT2D eigenvalue weighted by atomic mass is 15.1. The first-order valence-electron chi connectivity index (χ1n) is 10.1. The van der Waals surface area contributed by atoms with Gasteiger partial charge in [-0.3, -0.25) is 4.40 Å².